The molecule has 0 radical (unpaired) electrons. The summed E-state index contributed by atoms with van der Waals surface area (Å²) in [6.45, 7) is 9.10. The molecule has 1 spiro atoms. The maximum atomic E-state index is 11.9. The summed E-state index contributed by atoms with van der Waals surface area (Å²) in [6.07, 6.45) is 4.61. The third-order valence-electron chi connectivity index (χ3n) is 7.60. The van der Waals surface area contributed by atoms with Crippen molar-refractivity contribution >= 4 is 5.97 Å². The Labute approximate surface area is 162 Å². The lowest BCUT2D eigenvalue weighted by Gasteiger charge is -2.57. The molecule has 0 amide bonds. The molecule has 0 bridgehead atoms. The fourth-order valence-electron chi connectivity index (χ4n) is 6.43. The second-order valence-corrected chi connectivity index (χ2v) is 10.0. The number of rotatable bonds is 0. The lowest BCUT2D eigenvalue weighted by atomic mass is 9.48. The maximum absolute atomic E-state index is 11.9. The first kappa shape index (κ1) is 19.4. The molecule has 6 atom stereocenters. The van der Waals surface area contributed by atoms with E-state index >= 15 is 0 Å². The highest BCUT2D eigenvalue weighted by Crippen LogP contribution is 2.71. The Morgan fingerprint density at radius 1 is 1.15 bits per heavy atom. The van der Waals surface area contributed by atoms with Crippen LogP contribution in [-0.2, 0) is 14.3 Å². The van der Waals surface area contributed by atoms with Gasteiger partial charge in [-0.25, -0.2) is 4.79 Å². The van der Waals surface area contributed by atoms with Crippen LogP contribution in [0.4, 0.5) is 0 Å². The predicted molar refractivity (Wildman–Crippen MR) is 101 cm³/mol. The van der Waals surface area contributed by atoms with E-state index in [4.69, 9.17) is 9.47 Å². The average Bonchev–Trinajstić information content (AvgIpc) is 3.23. The van der Waals surface area contributed by atoms with E-state index in [1.807, 2.05) is 0 Å². The van der Waals surface area contributed by atoms with E-state index in [9.17, 15) is 15.0 Å². The van der Waals surface area contributed by atoms with Crippen LogP contribution in [0, 0.1) is 17.3 Å². The second-order valence-electron chi connectivity index (χ2n) is 10.0. The molecule has 2 saturated carbocycles. The Kier molecular flexibility index (Phi) is 4.53. The quantitative estimate of drug-likeness (QED) is 0.500. The van der Waals surface area contributed by atoms with Crippen molar-refractivity contribution in [3.63, 3.8) is 0 Å². The normalized spacial score (nSPS) is 47.7. The van der Waals surface area contributed by atoms with Crippen LogP contribution in [0.3, 0.4) is 0 Å². The zero-order valence-corrected chi connectivity index (χ0v) is 17.1. The smallest absolute Gasteiger partial charge is 0.334 e. The maximum Gasteiger partial charge on any atom is 0.334 e. The third kappa shape index (κ3) is 2.50. The molecule has 2 aliphatic heterocycles. The van der Waals surface area contributed by atoms with Crippen molar-refractivity contribution in [3.8, 4) is 0 Å². The molecule has 5 heteroatoms. The molecule has 3 fully saturated rings. The number of esters is 1. The minimum Gasteiger partial charge on any atom is -0.458 e. The molecule has 5 nitrogen and oxygen atoms in total. The number of fused-ring (bicyclic) bond motifs is 2. The molecule has 2 heterocycles. The van der Waals surface area contributed by atoms with Gasteiger partial charge in [0, 0.05) is 11.0 Å². The van der Waals surface area contributed by atoms with Crippen LogP contribution in [0.2, 0.25) is 0 Å². The zero-order valence-electron chi connectivity index (χ0n) is 17.1. The van der Waals surface area contributed by atoms with Crippen LogP contribution in [0.25, 0.3) is 0 Å². The summed E-state index contributed by atoms with van der Waals surface area (Å²) < 4.78 is 11.5. The largest absolute Gasteiger partial charge is 0.458 e. The van der Waals surface area contributed by atoms with E-state index in [0.29, 0.717) is 25.9 Å². The van der Waals surface area contributed by atoms with Gasteiger partial charge < -0.3 is 19.7 Å². The number of hydrogen-bond acceptors (Lipinski definition) is 5. The first-order valence-electron chi connectivity index (χ1n) is 10.6. The molecular weight excluding hydrogens is 344 g/mol. The molecule has 5 rings (SSSR count). The molecule has 2 N–H and O–H groups in total. The van der Waals surface area contributed by atoms with Gasteiger partial charge in [-0.2, -0.15) is 0 Å². The Bertz CT molecular complexity index is 667. The topological polar surface area (TPSA) is 79.3 Å². The Morgan fingerprint density at radius 3 is 2.56 bits per heavy atom. The molecule has 1 unspecified atom stereocenters. The Hall–Kier alpha value is -0.910. The fourth-order valence-corrected chi connectivity index (χ4v) is 6.43. The molecule has 27 heavy (non-hydrogen) atoms. The number of epoxide rings is 1. The molecular formula is C22H34O5. The van der Waals surface area contributed by atoms with Gasteiger partial charge in [-0.1, -0.05) is 27.7 Å². The Balaban J connectivity index is 0.000000413. The van der Waals surface area contributed by atoms with Gasteiger partial charge >= 0.3 is 5.97 Å². The van der Waals surface area contributed by atoms with Gasteiger partial charge in [0.05, 0.1) is 12.2 Å². The summed E-state index contributed by atoms with van der Waals surface area (Å²) in [5.41, 5.74) is -0.0407. The summed E-state index contributed by atoms with van der Waals surface area (Å²) in [5, 5.41) is 22.1. The van der Waals surface area contributed by atoms with Crippen molar-refractivity contribution in [3.05, 3.63) is 11.1 Å². The summed E-state index contributed by atoms with van der Waals surface area (Å²) in [5.74, 6) is 0.892. The highest BCUT2D eigenvalue weighted by molar-refractivity contribution is 5.92. The number of carbonyl (C=O) groups is 1. The standard InChI is InChI=1S/C18H24O5.C4H10/c1-16-7-5-10-11(9-22-15(10)20)12(16)6-8-17(21)13(19)3-2-4-14-18(16,17)23-14;1-4(2)3/h12-14,19,21H,2-9H2,1H3;4H,1-3H3/t12?,13-,14+,16+,17-,18-;/m1./s1. The first-order chi connectivity index (χ1) is 12.7. The summed E-state index contributed by atoms with van der Waals surface area (Å²) in [7, 11) is 0. The van der Waals surface area contributed by atoms with E-state index in [1.165, 1.54) is 0 Å². The predicted octanol–water partition coefficient (Wildman–Crippen LogP) is 3.13. The summed E-state index contributed by atoms with van der Waals surface area (Å²) in [6, 6.07) is 0. The van der Waals surface area contributed by atoms with Gasteiger partial charge in [-0.3, -0.25) is 0 Å². The van der Waals surface area contributed by atoms with E-state index in [-0.39, 0.29) is 23.4 Å². The Morgan fingerprint density at radius 2 is 1.85 bits per heavy atom. The van der Waals surface area contributed by atoms with Gasteiger partial charge in [-0.15, -0.1) is 0 Å². The molecule has 152 valence electrons. The number of ether oxygens (including phenoxy) is 2. The molecule has 0 aromatic carbocycles. The second kappa shape index (κ2) is 6.30. The number of hydrogen-bond donors (Lipinski definition) is 2. The van der Waals surface area contributed by atoms with Gasteiger partial charge in [0.15, 0.2) is 0 Å². The van der Waals surface area contributed by atoms with Crippen molar-refractivity contribution in [2.24, 2.45) is 17.3 Å². The minimum absolute atomic E-state index is 0.0395. The van der Waals surface area contributed by atoms with Crippen LogP contribution in [0.1, 0.15) is 72.6 Å². The monoisotopic (exact) mass is 378 g/mol. The van der Waals surface area contributed by atoms with Crippen molar-refractivity contribution in [1.82, 2.24) is 0 Å². The van der Waals surface area contributed by atoms with Crippen molar-refractivity contribution in [2.45, 2.75) is 96.1 Å². The van der Waals surface area contributed by atoms with Crippen LogP contribution in [0.5, 0.6) is 0 Å². The average molecular weight is 379 g/mol. The minimum atomic E-state index is -1.15. The lowest BCUT2D eigenvalue weighted by Crippen LogP contribution is -2.67. The van der Waals surface area contributed by atoms with E-state index in [2.05, 4.69) is 27.7 Å². The molecule has 0 aromatic rings. The number of cyclic esters (lactones) is 1. The zero-order chi connectivity index (χ0) is 19.6. The molecule has 3 aliphatic carbocycles. The number of aliphatic hydroxyl groups excluding tert-OH is 1. The van der Waals surface area contributed by atoms with Crippen molar-refractivity contribution in [2.75, 3.05) is 6.61 Å². The first-order valence-corrected chi connectivity index (χ1v) is 10.6. The molecule has 0 aromatic heterocycles. The number of carbonyl (C=O) groups excluding carboxylic acids is 1. The summed E-state index contributed by atoms with van der Waals surface area (Å²) >= 11 is 0. The van der Waals surface area contributed by atoms with Crippen LogP contribution in [0.15, 0.2) is 11.1 Å². The van der Waals surface area contributed by atoms with Crippen LogP contribution in [-0.4, -0.2) is 46.2 Å². The summed E-state index contributed by atoms with van der Waals surface area (Å²) in [4.78, 5) is 11.9. The van der Waals surface area contributed by atoms with Crippen LogP contribution >= 0.6 is 0 Å². The van der Waals surface area contributed by atoms with Crippen molar-refractivity contribution in [1.29, 1.82) is 0 Å². The van der Waals surface area contributed by atoms with E-state index in [1.54, 1.807) is 0 Å². The third-order valence-corrected chi connectivity index (χ3v) is 7.60. The van der Waals surface area contributed by atoms with Gasteiger partial charge in [0.25, 0.3) is 0 Å². The van der Waals surface area contributed by atoms with Gasteiger partial charge in [0.2, 0.25) is 0 Å². The van der Waals surface area contributed by atoms with E-state index < -0.39 is 17.3 Å². The lowest BCUT2D eigenvalue weighted by molar-refractivity contribution is -0.197. The highest BCUT2D eigenvalue weighted by atomic mass is 16.6. The van der Waals surface area contributed by atoms with E-state index in [0.717, 1.165) is 42.7 Å². The number of aliphatic hydroxyl groups is 2. The fraction of sp³-hybridized carbons (Fsp3) is 0.864. The van der Waals surface area contributed by atoms with Gasteiger partial charge in [0.1, 0.15) is 17.8 Å². The molecule has 1 saturated heterocycles. The van der Waals surface area contributed by atoms with Gasteiger partial charge in [-0.05, 0) is 62.4 Å². The van der Waals surface area contributed by atoms with Crippen LogP contribution < -0.4 is 0 Å². The van der Waals surface area contributed by atoms with Crippen molar-refractivity contribution < 1.29 is 24.5 Å². The highest BCUT2D eigenvalue weighted by Gasteiger charge is 2.81. The molecule has 5 aliphatic rings. The SMILES string of the molecule is CC(C)C.C[C@]12CCC3=C(COC3=O)C1CC[C@@]1(O)[C@H](O)CCC[C@@H]3O[C@]321.